The van der Waals surface area contributed by atoms with Crippen molar-refractivity contribution in [1.29, 1.82) is 0 Å². The lowest BCUT2D eigenvalue weighted by molar-refractivity contribution is 0.288. The highest BCUT2D eigenvalue weighted by Crippen LogP contribution is 2.50. The van der Waals surface area contributed by atoms with E-state index in [1.165, 1.54) is 0 Å². The lowest BCUT2D eigenvalue weighted by Gasteiger charge is -2.53. The summed E-state index contributed by atoms with van der Waals surface area (Å²) in [5, 5.41) is 0. The minimum Gasteiger partial charge on any atom is -0.417 e. The molecule has 5 heteroatoms. The van der Waals surface area contributed by atoms with Crippen molar-refractivity contribution in [3.63, 3.8) is 0 Å². The predicted molar refractivity (Wildman–Crippen MR) is 90.8 cm³/mol. The third-order valence-corrected chi connectivity index (χ3v) is 20.3. The molecule has 0 aromatic rings. The van der Waals surface area contributed by atoms with Crippen molar-refractivity contribution in [1.82, 2.24) is 0 Å². The molecule has 0 saturated carbocycles. The Hall–Kier alpha value is 0.571. The third kappa shape index (κ3) is 3.43. The van der Waals surface area contributed by atoms with E-state index in [0.717, 1.165) is 37.4 Å². The van der Waals surface area contributed by atoms with Crippen molar-refractivity contribution in [2.45, 2.75) is 76.9 Å². The molecule has 0 atom stereocenters. The molecule has 19 heavy (non-hydrogen) atoms. The summed E-state index contributed by atoms with van der Waals surface area (Å²) in [7, 11) is 0.537. The van der Waals surface area contributed by atoms with Crippen molar-refractivity contribution in [3.05, 3.63) is 0 Å². The van der Waals surface area contributed by atoms with E-state index in [4.69, 9.17) is 8.85 Å². The van der Waals surface area contributed by atoms with Crippen molar-refractivity contribution < 1.29 is 8.85 Å². The molecular formula is C14H33O2Si3. The van der Waals surface area contributed by atoms with Gasteiger partial charge in [0.1, 0.15) is 0 Å². The molecule has 0 N–H and O–H groups in total. The van der Waals surface area contributed by atoms with Gasteiger partial charge in [0.15, 0.2) is 16.6 Å². The van der Waals surface area contributed by atoms with E-state index in [1.54, 1.807) is 0 Å². The van der Waals surface area contributed by atoms with Gasteiger partial charge in [-0.25, -0.2) is 0 Å². The Balaban J connectivity index is 5.70. The van der Waals surface area contributed by atoms with Gasteiger partial charge in [0.25, 0.3) is 0 Å². The average molecular weight is 318 g/mol. The second-order valence-corrected chi connectivity index (χ2v) is 17.3. The summed E-state index contributed by atoms with van der Waals surface area (Å²) in [6, 6.07) is 4.61. The SMILES string of the molecule is CCO[Si](CC)(CC)C(C)([Si])[Si](CC)(CC)OCC. The molecule has 0 bridgehead atoms. The highest BCUT2D eigenvalue weighted by Gasteiger charge is 2.59. The molecule has 113 valence electrons. The quantitative estimate of drug-likeness (QED) is 0.554. The summed E-state index contributed by atoms with van der Waals surface area (Å²) in [5.41, 5.74) is 0. The highest BCUT2D eigenvalue weighted by molar-refractivity contribution is 7.03. The molecule has 0 unspecified atom stereocenters. The van der Waals surface area contributed by atoms with E-state index in [0.29, 0.717) is 0 Å². The minimum absolute atomic E-state index is 0.0685. The van der Waals surface area contributed by atoms with Gasteiger partial charge in [-0.2, -0.15) is 0 Å². The second kappa shape index (κ2) is 8.12. The first-order valence-corrected chi connectivity index (χ1v) is 13.0. The lowest BCUT2D eigenvalue weighted by Crippen LogP contribution is -2.64. The molecule has 0 aromatic heterocycles. The van der Waals surface area contributed by atoms with Crippen LogP contribution in [-0.4, -0.2) is 40.1 Å². The van der Waals surface area contributed by atoms with E-state index in [-0.39, 0.29) is 4.28 Å². The van der Waals surface area contributed by atoms with E-state index < -0.39 is 16.6 Å². The monoisotopic (exact) mass is 317 g/mol. The summed E-state index contributed by atoms with van der Waals surface area (Å²) >= 11 is 0. The molecule has 0 saturated heterocycles. The number of hydrogen-bond donors (Lipinski definition) is 0. The van der Waals surface area contributed by atoms with Crippen molar-refractivity contribution in [3.8, 4) is 0 Å². The van der Waals surface area contributed by atoms with Gasteiger partial charge in [-0.1, -0.05) is 34.6 Å². The van der Waals surface area contributed by atoms with Crippen LogP contribution in [0.5, 0.6) is 0 Å². The smallest absolute Gasteiger partial charge is 0.194 e. The zero-order chi connectivity index (χ0) is 15.2. The Bertz CT molecular complexity index is 225. The van der Waals surface area contributed by atoms with Crippen molar-refractivity contribution >= 4 is 26.9 Å². The minimum atomic E-state index is -1.84. The van der Waals surface area contributed by atoms with Gasteiger partial charge in [0.05, 0.1) is 0 Å². The fraction of sp³-hybridized carbons (Fsp3) is 1.00. The fourth-order valence-corrected chi connectivity index (χ4v) is 18.3. The topological polar surface area (TPSA) is 18.5 Å². The molecule has 0 rings (SSSR count). The molecule has 0 amide bonds. The Labute approximate surface area is 126 Å². The summed E-state index contributed by atoms with van der Waals surface area (Å²) in [5.74, 6) is 0. The normalized spacial score (nSPS) is 13.9. The van der Waals surface area contributed by atoms with E-state index in [1.807, 2.05) is 0 Å². The first-order chi connectivity index (χ1) is 8.86. The van der Waals surface area contributed by atoms with Crippen LogP contribution >= 0.6 is 0 Å². The van der Waals surface area contributed by atoms with Crippen LogP contribution in [0.4, 0.5) is 0 Å². The summed E-state index contributed by atoms with van der Waals surface area (Å²) in [6.07, 6.45) is 0. The Morgan fingerprint density at radius 2 is 1.00 bits per heavy atom. The van der Waals surface area contributed by atoms with Gasteiger partial charge < -0.3 is 8.85 Å². The van der Waals surface area contributed by atoms with Gasteiger partial charge in [0.2, 0.25) is 0 Å². The maximum atomic E-state index is 6.39. The Kier molecular flexibility index (Phi) is 8.36. The van der Waals surface area contributed by atoms with Gasteiger partial charge in [-0.15, -0.1) is 0 Å². The number of rotatable bonds is 10. The summed E-state index contributed by atoms with van der Waals surface area (Å²) in [6.45, 7) is 17.4. The predicted octanol–water partition coefficient (Wildman–Crippen LogP) is 4.46. The molecule has 0 fully saturated rings. The largest absolute Gasteiger partial charge is 0.417 e. The van der Waals surface area contributed by atoms with Crippen LogP contribution in [0.3, 0.4) is 0 Å². The van der Waals surface area contributed by atoms with Crippen LogP contribution in [0.25, 0.3) is 0 Å². The highest BCUT2D eigenvalue weighted by atomic mass is 28.4. The molecule has 0 aliphatic rings. The second-order valence-electron chi connectivity index (χ2n) is 5.39. The zero-order valence-electron chi connectivity index (χ0n) is 14.1. The first kappa shape index (κ1) is 19.6. The molecule has 0 aromatic carbocycles. The van der Waals surface area contributed by atoms with Crippen LogP contribution in [0.1, 0.15) is 48.5 Å². The lowest BCUT2D eigenvalue weighted by atomic mass is 10.9. The van der Waals surface area contributed by atoms with Gasteiger partial charge in [-0.05, 0) is 42.3 Å². The molecule has 3 radical (unpaired) electrons. The van der Waals surface area contributed by atoms with Gasteiger partial charge in [-0.3, -0.25) is 0 Å². The van der Waals surface area contributed by atoms with Crippen molar-refractivity contribution in [2.75, 3.05) is 13.2 Å². The van der Waals surface area contributed by atoms with Crippen LogP contribution < -0.4 is 0 Å². The van der Waals surface area contributed by atoms with Crippen LogP contribution in [-0.2, 0) is 8.85 Å². The molecule has 0 spiro atoms. The third-order valence-electron chi connectivity index (χ3n) is 4.95. The fourth-order valence-electron chi connectivity index (χ4n) is 3.58. The molecule has 0 aliphatic heterocycles. The Morgan fingerprint density at radius 1 is 0.737 bits per heavy atom. The van der Waals surface area contributed by atoms with Crippen molar-refractivity contribution in [2.24, 2.45) is 0 Å². The molecule has 0 aliphatic carbocycles. The standard InChI is InChI=1S/C14H33O2Si3/c1-8-15-18(10-3,11-4)14(7,17)19(12-5,13-6)16-9-2/h8-13H2,1-7H3. The van der Waals surface area contributed by atoms with E-state index >= 15 is 0 Å². The van der Waals surface area contributed by atoms with E-state index in [2.05, 4.69) is 58.7 Å². The molecule has 2 nitrogen and oxygen atoms in total. The molecule has 0 heterocycles. The average Bonchev–Trinajstić information content (AvgIpc) is 2.41. The first-order valence-electron chi connectivity index (χ1n) is 7.89. The maximum Gasteiger partial charge on any atom is 0.194 e. The van der Waals surface area contributed by atoms with Crippen LogP contribution in [0, 0.1) is 0 Å². The summed E-state index contributed by atoms with van der Waals surface area (Å²) in [4.78, 5) is 0. The van der Waals surface area contributed by atoms with Gasteiger partial charge in [0, 0.05) is 23.5 Å². The maximum absolute atomic E-state index is 6.39. The van der Waals surface area contributed by atoms with Gasteiger partial charge >= 0.3 is 0 Å². The Morgan fingerprint density at radius 3 is 1.16 bits per heavy atom. The zero-order valence-corrected chi connectivity index (χ0v) is 17.1. The number of hydrogen-bond acceptors (Lipinski definition) is 2. The summed E-state index contributed by atoms with van der Waals surface area (Å²) < 4.78 is 12.9. The van der Waals surface area contributed by atoms with Crippen LogP contribution in [0.2, 0.25) is 28.5 Å². The van der Waals surface area contributed by atoms with Crippen LogP contribution in [0.15, 0.2) is 0 Å². The molecular weight excluding hydrogens is 284 g/mol. The van der Waals surface area contributed by atoms with E-state index in [9.17, 15) is 0 Å².